The first-order valence-corrected chi connectivity index (χ1v) is 5.37. The van der Waals surface area contributed by atoms with E-state index in [0.29, 0.717) is 0 Å². The first-order chi connectivity index (χ1) is 3.46. The van der Waals surface area contributed by atoms with Crippen LogP contribution in [0.1, 0.15) is 0 Å². The molecule has 0 amide bonds. The molecule has 0 bridgehead atoms. The van der Waals surface area contributed by atoms with Crippen LogP contribution in [-0.2, 0) is 43.9 Å². The third-order valence-corrected chi connectivity index (χ3v) is 0. The van der Waals surface area contributed by atoms with Gasteiger partial charge in [0.25, 0.3) is 0 Å². The Morgan fingerprint density at radius 3 is 0.818 bits per heavy atom. The summed E-state index contributed by atoms with van der Waals surface area (Å²) in [7, 11) is 0. The van der Waals surface area contributed by atoms with Crippen molar-refractivity contribution in [3.63, 3.8) is 0 Å². The van der Waals surface area contributed by atoms with Crippen molar-refractivity contribution in [2.45, 2.75) is 0 Å². The Kier molecular flexibility index (Phi) is 63.0. The Bertz CT molecular complexity index is 74.4. The molecule has 11 heavy (non-hydrogen) atoms. The maximum atomic E-state index is 8.81. The molecule has 0 aliphatic heterocycles. The molecule has 0 unspecified atom stereocenters. The molecule has 0 saturated carbocycles. The summed E-state index contributed by atoms with van der Waals surface area (Å²) in [5.74, 6) is 0. The van der Waals surface area contributed by atoms with Gasteiger partial charge in [-0.1, -0.05) is 0 Å². The van der Waals surface area contributed by atoms with E-state index in [-0.39, 0.29) is 99.8 Å². The second-order valence-corrected chi connectivity index (χ2v) is 2.33. The Labute approximate surface area is 154 Å². The molecule has 0 saturated heterocycles. The summed E-state index contributed by atoms with van der Waals surface area (Å²) in [6.45, 7) is 0. The van der Waals surface area contributed by atoms with Gasteiger partial charge in [-0.3, -0.25) is 0 Å². The predicted octanol–water partition coefficient (Wildman–Crippen LogP) is -5.13. The van der Waals surface area contributed by atoms with Crippen LogP contribution in [0.3, 0.4) is 0 Å². The van der Waals surface area contributed by atoms with E-state index in [4.69, 9.17) is 21.4 Å². The quantitative estimate of drug-likeness (QED) is 0.276. The monoisotopic (exact) mass is 444 g/mol. The fourth-order valence-electron chi connectivity index (χ4n) is 0. The fraction of sp³-hybridized carbons (Fsp3) is 0. The minimum absolute atomic E-state index is 0. The molecule has 0 radical (unpaired) electrons. The SMILES string of the molecule is O.[BaH2].[O]=[Ti]([OH])[OH].[O]=[Ti]([OH])[OH].[SrH2]. The van der Waals surface area contributed by atoms with Crippen LogP contribution in [0.15, 0.2) is 0 Å². The van der Waals surface area contributed by atoms with Gasteiger partial charge in [-0.05, 0) is 0 Å². The van der Waals surface area contributed by atoms with Crippen LogP contribution in [0.5, 0.6) is 0 Å². The fourth-order valence-corrected chi connectivity index (χ4v) is 0. The molecule has 64 valence electrons. The first kappa shape index (κ1) is 29.4. The van der Waals surface area contributed by atoms with Gasteiger partial charge in [0.2, 0.25) is 0 Å². The van der Waals surface area contributed by atoms with Crippen molar-refractivity contribution < 1.29 is 64.1 Å². The molecule has 0 spiro atoms. The Balaban J connectivity index is -0.0000000171. The van der Waals surface area contributed by atoms with Crippen molar-refractivity contribution in [1.29, 1.82) is 0 Å². The third kappa shape index (κ3) is 130. The average molecular weight is 443 g/mol. The van der Waals surface area contributed by atoms with E-state index in [1.165, 1.54) is 0 Å². The van der Waals surface area contributed by atoms with Crippen molar-refractivity contribution in [2.24, 2.45) is 0 Å². The zero-order valence-electron chi connectivity index (χ0n) is 4.11. The van der Waals surface area contributed by atoms with E-state index in [1.54, 1.807) is 0 Å². The van der Waals surface area contributed by atoms with Gasteiger partial charge in [0.15, 0.2) is 0 Å². The topological polar surface area (TPSA) is 147 Å². The van der Waals surface area contributed by atoms with Crippen molar-refractivity contribution in [3.8, 4) is 0 Å². The molecule has 0 aliphatic rings. The van der Waals surface area contributed by atoms with E-state index in [2.05, 4.69) is 0 Å². The molecule has 7 nitrogen and oxygen atoms in total. The van der Waals surface area contributed by atoms with Gasteiger partial charge in [0, 0.05) is 0 Å². The molecular formula is H10BaO7SrTi2. The summed E-state index contributed by atoms with van der Waals surface area (Å²) in [5.41, 5.74) is 0. The van der Waals surface area contributed by atoms with Crippen LogP contribution in [0.25, 0.3) is 0 Å². The van der Waals surface area contributed by atoms with Crippen LogP contribution >= 0.6 is 0 Å². The zero-order chi connectivity index (χ0) is 7.15. The zero-order valence-corrected chi connectivity index (χ0v) is 7.23. The number of hydrogen-bond acceptors (Lipinski definition) is 2. The molecule has 11 heteroatoms. The van der Waals surface area contributed by atoms with Gasteiger partial charge in [-0.15, -0.1) is 0 Å². The Morgan fingerprint density at radius 1 is 0.818 bits per heavy atom. The molecule has 6 N–H and O–H groups in total. The first-order valence-electron chi connectivity index (χ1n) is 1.30. The van der Waals surface area contributed by atoms with Crippen molar-refractivity contribution in [3.05, 3.63) is 0 Å². The molecule has 0 atom stereocenters. The summed E-state index contributed by atoms with van der Waals surface area (Å²) in [6.07, 6.45) is 0. The summed E-state index contributed by atoms with van der Waals surface area (Å²) >= 11 is -7.17. The van der Waals surface area contributed by atoms with Crippen LogP contribution in [0.2, 0.25) is 0 Å². The van der Waals surface area contributed by atoms with E-state index in [9.17, 15) is 0 Å². The van der Waals surface area contributed by atoms with Gasteiger partial charge < -0.3 is 5.48 Å². The number of hydrogen-bond donors (Lipinski definition) is 4. The summed E-state index contributed by atoms with van der Waals surface area (Å²) in [6, 6.07) is 0. The summed E-state index contributed by atoms with van der Waals surface area (Å²) in [5, 5.41) is 0. The predicted molar refractivity (Wildman–Crippen MR) is 30.9 cm³/mol. The van der Waals surface area contributed by atoms with Crippen LogP contribution in [0.4, 0.5) is 0 Å². The molecule has 0 aliphatic carbocycles. The Morgan fingerprint density at radius 2 is 0.818 bits per heavy atom. The molecule has 0 rings (SSSR count). The normalized spacial score (nSPS) is 4.73. The van der Waals surface area contributed by atoms with Gasteiger partial charge in [0.1, 0.15) is 0 Å². The minimum atomic E-state index is -3.58. The standard InChI is InChI=1S/Ba.5H2O.2O.Sr.2Ti.4H/h;5*1H2;;;;;;;;;/q;;;;;;;;;2*+2;;;;/p-4. The van der Waals surface area contributed by atoms with E-state index in [0.717, 1.165) is 0 Å². The van der Waals surface area contributed by atoms with E-state index < -0.39 is 37.2 Å². The molecule has 0 heterocycles. The van der Waals surface area contributed by atoms with E-state index in [1.807, 2.05) is 0 Å². The van der Waals surface area contributed by atoms with Crippen LogP contribution < -0.4 is 0 Å². The van der Waals surface area contributed by atoms with Gasteiger partial charge >= 0.3 is 153 Å². The third-order valence-electron chi connectivity index (χ3n) is 0. The molecule has 0 fully saturated rings. The van der Waals surface area contributed by atoms with Gasteiger partial charge in [-0.25, -0.2) is 0 Å². The molecule has 0 aromatic heterocycles. The second kappa shape index (κ2) is 23.6. The van der Waals surface area contributed by atoms with Crippen molar-refractivity contribution in [2.75, 3.05) is 0 Å². The van der Waals surface area contributed by atoms with Gasteiger partial charge in [0.05, 0.1) is 0 Å². The number of rotatable bonds is 0. The molecule has 0 aromatic carbocycles. The average Bonchev–Trinajstić information content (AvgIpc) is 1.25. The van der Waals surface area contributed by atoms with Crippen LogP contribution in [0, 0.1) is 0 Å². The summed E-state index contributed by atoms with van der Waals surface area (Å²) < 4.78 is 46.5. The van der Waals surface area contributed by atoms with Crippen molar-refractivity contribution >= 4 is 94.4 Å². The Hall–Kier alpha value is 3.88. The summed E-state index contributed by atoms with van der Waals surface area (Å²) in [4.78, 5) is 0. The van der Waals surface area contributed by atoms with E-state index >= 15 is 0 Å². The molecular weight excluding hydrogens is 433 g/mol. The maximum absolute atomic E-state index is 8.81. The van der Waals surface area contributed by atoms with Crippen LogP contribution in [-0.4, -0.2) is 115 Å². The van der Waals surface area contributed by atoms with Crippen molar-refractivity contribution in [1.82, 2.24) is 0 Å². The molecule has 0 aromatic rings. The second-order valence-electron chi connectivity index (χ2n) is 0.565. The van der Waals surface area contributed by atoms with Gasteiger partial charge in [-0.2, -0.15) is 0 Å².